The summed E-state index contributed by atoms with van der Waals surface area (Å²) in [5, 5.41) is 13.3. The summed E-state index contributed by atoms with van der Waals surface area (Å²) in [6.07, 6.45) is 5.89. The van der Waals surface area contributed by atoms with Gasteiger partial charge in [-0.25, -0.2) is 0 Å². The van der Waals surface area contributed by atoms with Gasteiger partial charge in [0, 0.05) is 12.6 Å². The molecule has 2 nitrogen and oxygen atoms in total. The van der Waals surface area contributed by atoms with Crippen molar-refractivity contribution in [1.82, 2.24) is 5.32 Å². The predicted molar refractivity (Wildman–Crippen MR) is 69.5 cm³/mol. The third kappa shape index (κ3) is 5.31. The Morgan fingerprint density at radius 3 is 2.31 bits per heavy atom. The second-order valence-electron chi connectivity index (χ2n) is 6.63. The van der Waals surface area contributed by atoms with E-state index in [1.165, 1.54) is 25.7 Å². The summed E-state index contributed by atoms with van der Waals surface area (Å²) in [6.45, 7) is 9.80. The van der Waals surface area contributed by atoms with Crippen molar-refractivity contribution >= 4 is 0 Å². The standard InChI is InChI=1S/C14H29NO/c1-11(2)9-13(16)10-15-12-5-7-14(3,4)8-6-12/h11-13,15-16H,5-10H2,1-4H3. The van der Waals surface area contributed by atoms with Gasteiger partial charge in [0.2, 0.25) is 0 Å². The molecule has 1 unspecified atom stereocenters. The summed E-state index contributed by atoms with van der Waals surface area (Å²) in [6, 6.07) is 0.634. The molecule has 0 aromatic heterocycles. The van der Waals surface area contributed by atoms with E-state index in [1.807, 2.05) is 0 Å². The topological polar surface area (TPSA) is 32.3 Å². The van der Waals surface area contributed by atoms with E-state index in [-0.39, 0.29) is 6.10 Å². The van der Waals surface area contributed by atoms with Gasteiger partial charge in [-0.05, 0) is 43.4 Å². The highest BCUT2D eigenvalue weighted by atomic mass is 16.3. The highest BCUT2D eigenvalue weighted by Crippen LogP contribution is 2.34. The van der Waals surface area contributed by atoms with E-state index in [4.69, 9.17) is 0 Å². The number of aliphatic hydroxyl groups is 1. The van der Waals surface area contributed by atoms with Crippen LogP contribution in [0.25, 0.3) is 0 Å². The molecule has 0 aliphatic heterocycles. The molecule has 96 valence electrons. The van der Waals surface area contributed by atoms with Crippen LogP contribution in [-0.2, 0) is 0 Å². The highest BCUT2D eigenvalue weighted by Gasteiger charge is 2.26. The molecule has 1 aliphatic carbocycles. The lowest BCUT2D eigenvalue weighted by Gasteiger charge is -2.35. The first-order valence-electron chi connectivity index (χ1n) is 6.80. The number of nitrogens with one attached hydrogen (secondary N) is 1. The lowest BCUT2D eigenvalue weighted by molar-refractivity contribution is 0.132. The Labute approximate surface area is 101 Å². The summed E-state index contributed by atoms with van der Waals surface area (Å²) in [4.78, 5) is 0. The van der Waals surface area contributed by atoms with Crippen molar-refractivity contribution < 1.29 is 5.11 Å². The fraction of sp³-hybridized carbons (Fsp3) is 1.00. The zero-order valence-electron chi connectivity index (χ0n) is 11.4. The summed E-state index contributed by atoms with van der Waals surface area (Å²) in [5.74, 6) is 0.585. The largest absolute Gasteiger partial charge is 0.392 e. The molecule has 1 rings (SSSR count). The molecule has 1 saturated carbocycles. The zero-order valence-corrected chi connectivity index (χ0v) is 11.4. The lowest BCUT2D eigenvalue weighted by atomic mass is 9.75. The van der Waals surface area contributed by atoms with Crippen LogP contribution in [0.1, 0.15) is 59.8 Å². The van der Waals surface area contributed by atoms with E-state index in [0.29, 0.717) is 17.4 Å². The Bertz CT molecular complexity index is 191. The molecule has 2 heteroatoms. The fourth-order valence-corrected chi connectivity index (χ4v) is 2.53. The predicted octanol–water partition coefficient (Wildman–Crippen LogP) is 2.95. The molecule has 0 aromatic rings. The van der Waals surface area contributed by atoms with Crippen LogP contribution in [0.2, 0.25) is 0 Å². The molecular weight excluding hydrogens is 198 g/mol. The van der Waals surface area contributed by atoms with Crippen LogP contribution >= 0.6 is 0 Å². The summed E-state index contributed by atoms with van der Waals surface area (Å²) >= 11 is 0. The maximum absolute atomic E-state index is 9.79. The molecule has 0 heterocycles. The Kier molecular flexibility index (Phi) is 5.26. The Hall–Kier alpha value is -0.0800. The normalized spacial score (nSPS) is 23.6. The van der Waals surface area contributed by atoms with Gasteiger partial charge in [0.15, 0.2) is 0 Å². The van der Waals surface area contributed by atoms with Crippen LogP contribution in [0.5, 0.6) is 0 Å². The van der Waals surface area contributed by atoms with Gasteiger partial charge in [-0.15, -0.1) is 0 Å². The molecule has 0 saturated heterocycles. The molecule has 16 heavy (non-hydrogen) atoms. The van der Waals surface area contributed by atoms with Gasteiger partial charge in [0.25, 0.3) is 0 Å². The van der Waals surface area contributed by atoms with Crippen molar-refractivity contribution in [2.45, 2.75) is 71.9 Å². The van der Waals surface area contributed by atoms with Crippen LogP contribution in [0.3, 0.4) is 0 Å². The van der Waals surface area contributed by atoms with Crippen LogP contribution < -0.4 is 5.32 Å². The minimum Gasteiger partial charge on any atom is -0.392 e. The van der Waals surface area contributed by atoms with E-state index in [1.54, 1.807) is 0 Å². The quantitative estimate of drug-likeness (QED) is 0.757. The molecular formula is C14H29NO. The van der Waals surface area contributed by atoms with Gasteiger partial charge >= 0.3 is 0 Å². The molecule has 0 bridgehead atoms. The third-order valence-corrected chi connectivity index (χ3v) is 3.72. The average molecular weight is 227 g/mol. The molecule has 1 aliphatic rings. The molecule has 0 spiro atoms. The average Bonchev–Trinajstić information content (AvgIpc) is 2.15. The van der Waals surface area contributed by atoms with E-state index in [0.717, 1.165) is 13.0 Å². The van der Waals surface area contributed by atoms with Crippen molar-refractivity contribution in [3.8, 4) is 0 Å². The second-order valence-corrected chi connectivity index (χ2v) is 6.63. The van der Waals surface area contributed by atoms with Gasteiger partial charge < -0.3 is 10.4 Å². The van der Waals surface area contributed by atoms with E-state index in [9.17, 15) is 5.11 Å². The fourth-order valence-electron chi connectivity index (χ4n) is 2.53. The third-order valence-electron chi connectivity index (χ3n) is 3.72. The van der Waals surface area contributed by atoms with Crippen LogP contribution in [0.15, 0.2) is 0 Å². The van der Waals surface area contributed by atoms with Gasteiger partial charge in [-0.3, -0.25) is 0 Å². The van der Waals surface area contributed by atoms with Crippen LogP contribution in [0, 0.1) is 11.3 Å². The molecule has 0 amide bonds. The van der Waals surface area contributed by atoms with Gasteiger partial charge in [0.05, 0.1) is 6.10 Å². The maximum Gasteiger partial charge on any atom is 0.0667 e. The Morgan fingerprint density at radius 1 is 1.25 bits per heavy atom. The molecule has 0 radical (unpaired) electrons. The van der Waals surface area contributed by atoms with Crippen molar-refractivity contribution in [3.05, 3.63) is 0 Å². The van der Waals surface area contributed by atoms with Crippen molar-refractivity contribution in [2.75, 3.05) is 6.54 Å². The van der Waals surface area contributed by atoms with Gasteiger partial charge in [-0.2, -0.15) is 0 Å². The number of rotatable bonds is 5. The first-order chi connectivity index (χ1) is 7.39. The van der Waals surface area contributed by atoms with E-state index < -0.39 is 0 Å². The maximum atomic E-state index is 9.79. The van der Waals surface area contributed by atoms with Crippen molar-refractivity contribution in [2.24, 2.45) is 11.3 Å². The van der Waals surface area contributed by atoms with Crippen molar-refractivity contribution in [3.63, 3.8) is 0 Å². The smallest absolute Gasteiger partial charge is 0.0667 e. The lowest BCUT2D eigenvalue weighted by Crippen LogP contribution is -2.39. The molecule has 1 fully saturated rings. The number of aliphatic hydroxyl groups excluding tert-OH is 1. The Balaban J connectivity index is 2.15. The van der Waals surface area contributed by atoms with E-state index in [2.05, 4.69) is 33.0 Å². The number of hydrogen-bond acceptors (Lipinski definition) is 2. The summed E-state index contributed by atoms with van der Waals surface area (Å²) in [7, 11) is 0. The molecule has 1 atom stereocenters. The molecule has 2 N–H and O–H groups in total. The summed E-state index contributed by atoms with van der Waals surface area (Å²) < 4.78 is 0. The monoisotopic (exact) mass is 227 g/mol. The van der Waals surface area contributed by atoms with E-state index >= 15 is 0 Å². The number of hydrogen-bond donors (Lipinski definition) is 2. The van der Waals surface area contributed by atoms with Gasteiger partial charge in [0.1, 0.15) is 0 Å². The van der Waals surface area contributed by atoms with Crippen molar-refractivity contribution in [1.29, 1.82) is 0 Å². The highest BCUT2D eigenvalue weighted by molar-refractivity contribution is 4.82. The minimum absolute atomic E-state index is 0.171. The molecule has 0 aromatic carbocycles. The minimum atomic E-state index is -0.171. The summed E-state index contributed by atoms with van der Waals surface area (Å²) in [5.41, 5.74) is 0.536. The Morgan fingerprint density at radius 2 is 1.81 bits per heavy atom. The zero-order chi connectivity index (χ0) is 12.2. The first-order valence-corrected chi connectivity index (χ1v) is 6.80. The second kappa shape index (κ2) is 6.02. The van der Waals surface area contributed by atoms with Crippen LogP contribution in [0.4, 0.5) is 0 Å². The van der Waals surface area contributed by atoms with Crippen LogP contribution in [-0.4, -0.2) is 23.8 Å². The van der Waals surface area contributed by atoms with Gasteiger partial charge in [-0.1, -0.05) is 27.7 Å². The first kappa shape index (κ1) is 14.0. The SMILES string of the molecule is CC(C)CC(O)CNC1CCC(C)(C)CC1.